The molecule has 0 aliphatic heterocycles. The maximum Gasteiger partial charge on any atom is 0.333 e. The Kier molecular flexibility index (Phi) is 6.21. The fourth-order valence-corrected chi connectivity index (χ4v) is 2.89. The van der Waals surface area contributed by atoms with Crippen LogP contribution in [-0.4, -0.2) is 26.2 Å². The summed E-state index contributed by atoms with van der Waals surface area (Å²) in [4.78, 5) is 10.3. The van der Waals surface area contributed by atoms with Crippen molar-refractivity contribution in [2.75, 3.05) is 14.2 Å². The van der Waals surface area contributed by atoms with Gasteiger partial charge in [0.15, 0.2) is 0 Å². The molecule has 0 aromatic heterocycles. The van der Waals surface area contributed by atoms with Gasteiger partial charge in [-0.2, -0.15) is 0 Å². The Hall–Kier alpha value is -0.180. The molecule has 78 valence electrons. The number of aldehydes is 1. The summed E-state index contributed by atoms with van der Waals surface area (Å²) in [5.74, 6) is 0. The molecule has 0 aromatic carbocycles. The van der Waals surface area contributed by atoms with E-state index in [1.807, 2.05) is 6.92 Å². The molecular weight excluding hydrogens is 191 g/mol. The zero-order valence-electron chi connectivity index (χ0n) is 8.36. The standard InChI is InChI=1S/C8H17O4P/c1-4-5-8(6-7-9)13(10,11-2)12-3/h7-8H,4-6H2,1-3H3/t8-/m1/s1. The number of rotatable bonds is 7. The molecule has 13 heavy (non-hydrogen) atoms. The van der Waals surface area contributed by atoms with Crippen LogP contribution in [0.1, 0.15) is 26.2 Å². The third-order valence-electron chi connectivity index (χ3n) is 1.95. The van der Waals surface area contributed by atoms with Gasteiger partial charge in [0.2, 0.25) is 0 Å². The summed E-state index contributed by atoms with van der Waals surface area (Å²) in [7, 11) is -0.366. The Labute approximate surface area is 79.1 Å². The summed E-state index contributed by atoms with van der Waals surface area (Å²) in [6.07, 6.45) is 2.52. The first-order chi connectivity index (χ1) is 6.14. The van der Waals surface area contributed by atoms with Crippen LogP contribution in [-0.2, 0) is 18.4 Å². The molecule has 0 saturated carbocycles. The minimum Gasteiger partial charge on any atom is -0.312 e. The van der Waals surface area contributed by atoms with Gasteiger partial charge in [0.1, 0.15) is 6.29 Å². The van der Waals surface area contributed by atoms with Crippen LogP contribution in [0.3, 0.4) is 0 Å². The Morgan fingerprint density at radius 3 is 2.23 bits per heavy atom. The van der Waals surface area contributed by atoms with Gasteiger partial charge in [0, 0.05) is 20.6 Å². The van der Waals surface area contributed by atoms with E-state index in [0.29, 0.717) is 6.42 Å². The molecule has 4 nitrogen and oxygen atoms in total. The normalized spacial score (nSPS) is 14.1. The molecule has 0 saturated heterocycles. The zero-order chi connectivity index (χ0) is 10.3. The van der Waals surface area contributed by atoms with Crippen molar-refractivity contribution in [3.05, 3.63) is 0 Å². The molecule has 0 heterocycles. The second-order valence-electron chi connectivity index (χ2n) is 2.75. The molecule has 0 radical (unpaired) electrons. The molecular formula is C8H17O4P. The van der Waals surface area contributed by atoms with Gasteiger partial charge >= 0.3 is 7.60 Å². The molecule has 0 spiro atoms. The van der Waals surface area contributed by atoms with Gasteiger partial charge in [-0.3, -0.25) is 4.57 Å². The number of carbonyl (C=O) groups is 1. The predicted molar refractivity (Wildman–Crippen MR) is 51.0 cm³/mol. The molecule has 0 aliphatic rings. The first-order valence-corrected chi connectivity index (χ1v) is 5.90. The van der Waals surface area contributed by atoms with E-state index in [0.717, 1.165) is 12.7 Å². The molecule has 0 rings (SSSR count). The number of hydrogen-bond donors (Lipinski definition) is 0. The van der Waals surface area contributed by atoms with Crippen LogP contribution in [0, 0.1) is 0 Å². The maximum absolute atomic E-state index is 11.8. The molecule has 5 heteroatoms. The van der Waals surface area contributed by atoms with Crippen molar-refractivity contribution < 1.29 is 18.4 Å². The third-order valence-corrected chi connectivity index (χ3v) is 4.33. The average Bonchev–Trinajstić information content (AvgIpc) is 2.16. The highest BCUT2D eigenvalue weighted by Gasteiger charge is 2.32. The van der Waals surface area contributed by atoms with E-state index in [-0.39, 0.29) is 12.1 Å². The van der Waals surface area contributed by atoms with Gasteiger partial charge < -0.3 is 13.8 Å². The highest BCUT2D eigenvalue weighted by Crippen LogP contribution is 2.54. The predicted octanol–water partition coefficient (Wildman–Crippen LogP) is 2.23. The van der Waals surface area contributed by atoms with E-state index in [1.165, 1.54) is 14.2 Å². The van der Waals surface area contributed by atoms with E-state index >= 15 is 0 Å². The molecule has 0 fully saturated rings. The van der Waals surface area contributed by atoms with Gasteiger partial charge in [0.05, 0.1) is 5.66 Å². The molecule has 0 aromatic rings. The molecule has 0 amide bonds. The fourth-order valence-electron chi connectivity index (χ4n) is 1.22. The Morgan fingerprint density at radius 2 is 1.92 bits per heavy atom. The highest BCUT2D eigenvalue weighted by atomic mass is 31.2. The second-order valence-corrected chi connectivity index (χ2v) is 5.29. The first kappa shape index (κ1) is 12.8. The van der Waals surface area contributed by atoms with Crippen LogP contribution < -0.4 is 0 Å². The summed E-state index contributed by atoms with van der Waals surface area (Å²) >= 11 is 0. The SMILES string of the molecule is CCC[C@H](CC=O)P(=O)(OC)OC. The monoisotopic (exact) mass is 208 g/mol. The van der Waals surface area contributed by atoms with E-state index in [4.69, 9.17) is 9.05 Å². The molecule has 0 aliphatic carbocycles. The van der Waals surface area contributed by atoms with E-state index in [2.05, 4.69) is 0 Å². The molecule has 0 N–H and O–H groups in total. The van der Waals surface area contributed by atoms with Crippen LogP contribution >= 0.6 is 7.60 Å². The van der Waals surface area contributed by atoms with Crippen molar-refractivity contribution in [2.45, 2.75) is 31.8 Å². The van der Waals surface area contributed by atoms with E-state index in [1.54, 1.807) is 0 Å². The summed E-state index contributed by atoms with van der Waals surface area (Å²) < 4.78 is 21.5. The molecule has 0 bridgehead atoms. The quantitative estimate of drug-likeness (QED) is 0.475. The van der Waals surface area contributed by atoms with Crippen LogP contribution in [0.15, 0.2) is 0 Å². The van der Waals surface area contributed by atoms with Crippen molar-refractivity contribution in [1.29, 1.82) is 0 Å². The van der Waals surface area contributed by atoms with E-state index in [9.17, 15) is 9.36 Å². The Bertz CT molecular complexity index is 185. The van der Waals surface area contributed by atoms with Gasteiger partial charge in [-0.25, -0.2) is 0 Å². The second kappa shape index (κ2) is 6.30. The fraction of sp³-hybridized carbons (Fsp3) is 0.875. The summed E-state index contributed by atoms with van der Waals surface area (Å²) in [6, 6.07) is 0. The first-order valence-electron chi connectivity index (χ1n) is 4.29. The summed E-state index contributed by atoms with van der Waals surface area (Å²) in [6.45, 7) is 1.97. The number of hydrogen-bond acceptors (Lipinski definition) is 4. The van der Waals surface area contributed by atoms with Crippen molar-refractivity contribution in [3.8, 4) is 0 Å². The van der Waals surface area contributed by atoms with Crippen molar-refractivity contribution in [3.63, 3.8) is 0 Å². The zero-order valence-corrected chi connectivity index (χ0v) is 9.25. The maximum atomic E-state index is 11.8. The van der Waals surface area contributed by atoms with E-state index < -0.39 is 7.60 Å². The van der Waals surface area contributed by atoms with Crippen LogP contribution in [0.2, 0.25) is 0 Å². The third kappa shape index (κ3) is 3.59. The lowest BCUT2D eigenvalue weighted by molar-refractivity contribution is -0.108. The van der Waals surface area contributed by atoms with Crippen molar-refractivity contribution in [2.24, 2.45) is 0 Å². The van der Waals surface area contributed by atoms with Gasteiger partial charge in [0.25, 0.3) is 0 Å². The lowest BCUT2D eigenvalue weighted by atomic mass is 10.2. The summed E-state index contributed by atoms with van der Waals surface area (Å²) in [5, 5.41) is 0. The lowest BCUT2D eigenvalue weighted by Crippen LogP contribution is -2.11. The van der Waals surface area contributed by atoms with Gasteiger partial charge in [-0.05, 0) is 6.42 Å². The van der Waals surface area contributed by atoms with Crippen LogP contribution in [0.25, 0.3) is 0 Å². The highest BCUT2D eigenvalue weighted by molar-refractivity contribution is 7.54. The smallest absolute Gasteiger partial charge is 0.312 e. The lowest BCUT2D eigenvalue weighted by Gasteiger charge is -2.21. The van der Waals surface area contributed by atoms with Crippen molar-refractivity contribution in [1.82, 2.24) is 0 Å². The van der Waals surface area contributed by atoms with Crippen molar-refractivity contribution >= 4 is 13.9 Å². The Morgan fingerprint density at radius 1 is 1.38 bits per heavy atom. The van der Waals surface area contributed by atoms with Crippen LogP contribution in [0.5, 0.6) is 0 Å². The Balaban J connectivity index is 4.47. The molecule has 1 atom stereocenters. The minimum absolute atomic E-state index is 0.229. The van der Waals surface area contributed by atoms with Gasteiger partial charge in [-0.15, -0.1) is 0 Å². The molecule has 0 unspecified atom stereocenters. The average molecular weight is 208 g/mol. The van der Waals surface area contributed by atoms with Gasteiger partial charge in [-0.1, -0.05) is 13.3 Å². The largest absolute Gasteiger partial charge is 0.333 e. The topological polar surface area (TPSA) is 52.6 Å². The minimum atomic E-state index is -3.06. The number of carbonyl (C=O) groups excluding carboxylic acids is 1. The van der Waals surface area contributed by atoms with Crippen LogP contribution in [0.4, 0.5) is 0 Å². The summed E-state index contributed by atoms with van der Waals surface area (Å²) in [5.41, 5.74) is -0.301.